The third kappa shape index (κ3) is 3.74. The molecule has 0 N–H and O–H groups in total. The molecular weight excluding hydrogens is 394 g/mol. The average Bonchev–Trinajstić information content (AvgIpc) is 3.01. The molecule has 0 aliphatic rings. The SMILES string of the molecule is Cc1cn(-c2cccc(C(C)(C)c3cccc(-c4ccc(F)nc4F)n3)n2)c(C)c1C. The van der Waals surface area contributed by atoms with Crippen molar-refractivity contribution < 1.29 is 8.78 Å². The Kier molecular flexibility index (Phi) is 5.17. The largest absolute Gasteiger partial charge is 0.305 e. The van der Waals surface area contributed by atoms with Crippen LogP contribution in [0.4, 0.5) is 8.78 Å². The molecule has 0 fully saturated rings. The first-order valence-corrected chi connectivity index (χ1v) is 10.1. The maximum atomic E-state index is 14.2. The molecule has 0 aromatic carbocycles. The normalized spacial score (nSPS) is 11.7. The predicted octanol–water partition coefficient (Wildman–Crippen LogP) is 5.86. The molecule has 0 bridgehead atoms. The second kappa shape index (κ2) is 7.69. The van der Waals surface area contributed by atoms with Gasteiger partial charge in [-0.25, -0.2) is 4.98 Å². The van der Waals surface area contributed by atoms with Crippen molar-refractivity contribution >= 4 is 0 Å². The topological polar surface area (TPSA) is 43.6 Å². The fourth-order valence-corrected chi connectivity index (χ4v) is 3.66. The molecule has 0 aliphatic carbocycles. The van der Waals surface area contributed by atoms with Crippen molar-refractivity contribution in [3.8, 4) is 17.1 Å². The first-order valence-electron chi connectivity index (χ1n) is 10.1. The van der Waals surface area contributed by atoms with E-state index in [0.29, 0.717) is 5.69 Å². The van der Waals surface area contributed by atoms with Crippen molar-refractivity contribution in [3.05, 3.63) is 94.8 Å². The summed E-state index contributed by atoms with van der Waals surface area (Å²) >= 11 is 0. The van der Waals surface area contributed by atoms with Crippen LogP contribution in [0.15, 0.2) is 54.7 Å². The highest BCUT2D eigenvalue weighted by molar-refractivity contribution is 5.59. The minimum absolute atomic E-state index is 0.162. The van der Waals surface area contributed by atoms with Gasteiger partial charge in [-0.3, -0.25) is 4.98 Å². The average molecular weight is 418 g/mol. The number of hydrogen-bond donors (Lipinski definition) is 0. The van der Waals surface area contributed by atoms with Gasteiger partial charge in [0.1, 0.15) is 5.82 Å². The van der Waals surface area contributed by atoms with Crippen LogP contribution in [0, 0.1) is 32.7 Å². The fourth-order valence-electron chi connectivity index (χ4n) is 3.66. The first kappa shape index (κ1) is 20.8. The summed E-state index contributed by atoms with van der Waals surface area (Å²) in [5.41, 5.74) is 5.21. The highest BCUT2D eigenvalue weighted by atomic mass is 19.1. The van der Waals surface area contributed by atoms with Gasteiger partial charge in [0.25, 0.3) is 0 Å². The van der Waals surface area contributed by atoms with E-state index in [1.807, 2.05) is 44.2 Å². The first-order chi connectivity index (χ1) is 14.7. The van der Waals surface area contributed by atoms with Gasteiger partial charge in [0, 0.05) is 17.3 Å². The van der Waals surface area contributed by atoms with Crippen molar-refractivity contribution in [3.63, 3.8) is 0 Å². The van der Waals surface area contributed by atoms with E-state index in [-0.39, 0.29) is 5.56 Å². The molecule has 0 radical (unpaired) electrons. The molecule has 4 rings (SSSR count). The van der Waals surface area contributed by atoms with Crippen molar-refractivity contribution in [2.75, 3.05) is 0 Å². The Morgan fingerprint density at radius 1 is 0.806 bits per heavy atom. The molecule has 4 nitrogen and oxygen atoms in total. The van der Waals surface area contributed by atoms with Gasteiger partial charge in [0.05, 0.1) is 22.6 Å². The Morgan fingerprint density at radius 2 is 1.48 bits per heavy atom. The highest BCUT2D eigenvalue weighted by Crippen LogP contribution is 2.31. The van der Waals surface area contributed by atoms with E-state index in [4.69, 9.17) is 4.98 Å². The molecular formula is C25H24F2N4. The molecule has 158 valence electrons. The summed E-state index contributed by atoms with van der Waals surface area (Å²) < 4.78 is 29.5. The molecule has 4 aromatic rings. The molecule has 0 saturated carbocycles. The van der Waals surface area contributed by atoms with Crippen molar-refractivity contribution in [1.82, 2.24) is 19.5 Å². The molecule has 31 heavy (non-hydrogen) atoms. The Bertz CT molecular complexity index is 1270. The zero-order chi connectivity index (χ0) is 22.3. The van der Waals surface area contributed by atoms with Crippen LogP contribution < -0.4 is 0 Å². The van der Waals surface area contributed by atoms with Crippen LogP contribution in [-0.2, 0) is 5.41 Å². The maximum Gasteiger partial charge on any atom is 0.224 e. The van der Waals surface area contributed by atoms with Crippen LogP contribution in [0.25, 0.3) is 17.1 Å². The minimum Gasteiger partial charge on any atom is -0.305 e. The number of aryl methyl sites for hydroxylation is 1. The summed E-state index contributed by atoms with van der Waals surface area (Å²) in [7, 11) is 0. The Morgan fingerprint density at radius 3 is 2.13 bits per heavy atom. The van der Waals surface area contributed by atoms with Crippen LogP contribution in [0.5, 0.6) is 0 Å². The Balaban J connectivity index is 1.76. The Labute approximate surface area is 180 Å². The van der Waals surface area contributed by atoms with Gasteiger partial charge in [-0.05, 0) is 82.1 Å². The van der Waals surface area contributed by atoms with Crippen LogP contribution in [0.3, 0.4) is 0 Å². The molecule has 4 aromatic heterocycles. The fraction of sp³-hybridized carbons (Fsp3) is 0.240. The lowest BCUT2D eigenvalue weighted by Gasteiger charge is -2.25. The maximum absolute atomic E-state index is 14.2. The van der Waals surface area contributed by atoms with E-state index in [1.54, 1.807) is 6.07 Å². The lowest BCUT2D eigenvalue weighted by molar-refractivity contribution is 0.514. The zero-order valence-electron chi connectivity index (χ0n) is 18.2. The summed E-state index contributed by atoms with van der Waals surface area (Å²) in [4.78, 5) is 12.9. The van der Waals surface area contributed by atoms with Crippen LogP contribution in [0.2, 0.25) is 0 Å². The van der Waals surface area contributed by atoms with E-state index >= 15 is 0 Å². The third-order valence-corrected chi connectivity index (χ3v) is 5.92. The van der Waals surface area contributed by atoms with Gasteiger partial charge >= 0.3 is 0 Å². The second-order valence-corrected chi connectivity index (χ2v) is 8.28. The summed E-state index contributed by atoms with van der Waals surface area (Å²) in [5.74, 6) is -0.898. The minimum atomic E-state index is -0.878. The van der Waals surface area contributed by atoms with E-state index in [0.717, 1.165) is 29.0 Å². The number of hydrogen-bond acceptors (Lipinski definition) is 3. The number of halogens is 2. The number of pyridine rings is 3. The molecule has 6 heteroatoms. The van der Waals surface area contributed by atoms with Crippen molar-refractivity contribution in [2.45, 2.75) is 40.0 Å². The van der Waals surface area contributed by atoms with Gasteiger partial charge in [0.2, 0.25) is 11.9 Å². The van der Waals surface area contributed by atoms with Gasteiger partial charge in [-0.2, -0.15) is 13.8 Å². The molecule has 0 spiro atoms. The molecule has 0 amide bonds. The summed E-state index contributed by atoms with van der Waals surface area (Å²) in [6.45, 7) is 10.3. The second-order valence-electron chi connectivity index (χ2n) is 8.28. The van der Waals surface area contributed by atoms with Gasteiger partial charge in [0.15, 0.2) is 0 Å². The standard InChI is InChI=1S/C25H24F2N4/c1-15-14-31(17(3)16(15)2)23-11-7-10-21(29-23)25(4,5)20-9-6-8-19(28-20)18-12-13-22(26)30-24(18)27/h6-14H,1-5H3. The van der Waals surface area contributed by atoms with E-state index in [1.165, 1.54) is 17.2 Å². The summed E-state index contributed by atoms with van der Waals surface area (Å²) in [5, 5.41) is 0. The lowest BCUT2D eigenvalue weighted by Crippen LogP contribution is -2.23. The van der Waals surface area contributed by atoms with Crippen molar-refractivity contribution in [2.24, 2.45) is 0 Å². The summed E-state index contributed by atoms with van der Waals surface area (Å²) in [6, 6.07) is 13.8. The van der Waals surface area contributed by atoms with Crippen LogP contribution in [0.1, 0.15) is 42.1 Å². The zero-order valence-corrected chi connectivity index (χ0v) is 18.2. The molecule has 0 saturated heterocycles. The Hall–Kier alpha value is -3.41. The lowest BCUT2D eigenvalue weighted by atomic mass is 9.84. The molecule has 4 heterocycles. The van der Waals surface area contributed by atoms with E-state index in [9.17, 15) is 8.78 Å². The number of aromatic nitrogens is 4. The molecule has 0 atom stereocenters. The van der Waals surface area contributed by atoms with Crippen LogP contribution in [-0.4, -0.2) is 19.5 Å². The smallest absolute Gasteiger partial charge is 0.224 e. The van der Waals surface area contributed by atoms with Gasteiger partial charge < -0.3 is 4.57 Å². The van der Waals surface area contributed by atoms with E-state index < -0.39 is 17.3 Å². The van der Waals surface area contributed by atoms with Gasteiger partial charge in [-0.1, -0.05) is 12.1 Å². The molecule has 0 aliphatic heterocycles. The monoisotopic (exact) mass is 418 g/mol. The predicted molar refractivity (Wildman–Crippen MR) is 117 cm³/mol. The highest BCUT2D eigenvalue weighted by Gasteiger charge is 2.27. The van der Waals surface area contributed by atoms with Crippen molar-refractivity contribution in [1.29, 1.82) is 0 Å². The third-order valence-electron chi connectivity index (χ3n) is 5.92. The van der Waals surface area contributed by atoms with E-state index in [2.05, 4.69) is 41.5 Å². The quantitative estimate of drug-likeness (QED) is 0.390. The number of rotatable bonds is 4. The molecule has 0 unspecified atom stereocenters. The van der Waals surface area contributed by atoms with Crippen LogP contribution >= 0.6 is 0 Å². The van der Waals surface area contributed by atoms with Gasteiger partial charge in [-0.15, -0.1) is 0 Å². The summed E-state index contributed by atoms with van der Waals surface area (Å²) in [6.07, 6.45) is 2.09. The number of nitrogens with zero attached hydrogens (tertiary/aromatic N) is 4.